The van der Waals surface area contributed by atoms with E-state index in [0.29, 0.717) is 0 Å². The van der Waals surface area contributed by atoms with Crippen LogP contribution in [-0.4, -0.2) is 5.11 Å². The number of rotatable bonds is 0. The van der Waals surface area contributed by atoms with Crippen molar-refractivity contribution in [1.29, 1.82) is 0 Å². The Morgan fingerprint density at radius 3 is 2.87 bits per heavy atom. The maximum Gasteiger partial charge on any atom is 0.105 e. The van der Waals surface area contributed by atoms with Crippen LogP contribution in [0.2, 0.25) is 0 Å². The SMILES string of the molecule is C=C1c2cccc3cc(C)cc(c23)C1O. The van der Waals surface area contributed by atoms with Crippen molar-refractivity contribution in [3.8, 4) is 0 Å². The average Bonchev–Trinajstić information content (AvgIpc) is 2.46. The zero-order valence-corrected chi connectivity index (χ0v) is 8.62. The lowest BCUT2D eigenvalue weighted by Gasteiger charge is -2.05. The smallest absolute Gasteiger partial charge is 0.105 e. The Labute approximate surface area is 88.7 Å². The molecule has 1 N–H and O–H groups in total. The summed E-state index contributed by atoms with van der Waals surface area (Å²) in [5, 5.41) is 12.4. The number of aliphatic hydroxyl groups excluding tert-OH is 1. The van der Waals surface area contributed by atoms with Gasteiger partial charge in [-0.1, -0.05) is 42.5 Å². The Balaban J connectivity index is 2.54. The predicted octanol–water partition coefficient (Wildman–Crippen LogP) is 3.21. The molecule has 15 heavy (non-hydrogen) atoms. The summed E-state index contributed by atoms with van der Waals surface area (Å²) in [5.74, 6) is 0. The van der Waals surface area contributed by atoms with Crippen LogP contribution in [0.5, 0.6) is 0 Å². The van der Waals surface area contributed by atoms with Crippen LogP contribution in [0.25, 0.3) is 16.3 Å². The van der Waals surface area contributed by atoms with Gasteiger partial charge < -0.3 is 5.11 Å². The second-order valence-electron chi connectivity index (χ2n) is 4.19. The maximum absolute atomic E-state index is 10.1. The van der Waals surface area contributed by atoms with Crippen molar-refractivity contribution >= 4 is 16.3 Å². The summed E-state index contributed by atoms with van der Waals surface area (Å²) < 4.78 is 0. The van der Waals surface area contributed by atoms with Crippen LogP contribution >= 0.6 is 0 Å². The first kappa shape index (κ1) is 8.69. The van der Waals surface area contributed by atoms with Crippen molar-refractivity contribution in [2.45, 2.75) is 13.0 Å². The van der Waals surface area contributed by atoms with Gasteiger partial charge >= 0.3 is 0 Å². The van der Waals surface area contributed by atoms with Crippen molar-refractivity contribution in [3.05, 3.63) is 53.6 Å². The molecule has 1 aliphatic carbocycles. The zero-order valence-electron chi connectivity index (χ0n) is 8.62. The molecule has 0 bridgehead atoms. The van der Waals surface area contributed by atoms with Crippen LogP contribution in [0.1, 0.15) is 22.8 Å². The lowest BCUT2D eigenvalue weighted by molar-refractivity contribution is 0.243. The largest absolute Gasteiger partial charge is 0.384 e. The first-order valence-corrected chi connectivity index (χ1v) is 5.09. The minimum absolute atomic E-state index is 0.523. The lowest BCUT2D eigenvalue weighted by atomic mass is 10.0. The Bertz CT molecular complexity index is 581. The molecule has 1 unspecified atom stereocenters. The summed E-state index contributed by atoms with van der Waals surface area (Å²) in [7, 11) is 0. The fraction of sp³-hybridized carbons (Fsp3) is 0.143. The summed E-state index contributed by atoms with van der Waals surface area (Å²) in [4.78, 5) is 0. The molecular weight excluding hydrogens is 184 g/mol. The van der Waals surface area contributed by atoms with Gasteiger partial charge in [0.05, 0.1) is 0 Å². The van der Waals surface area contributed by atoms with E-state index in [1.54, 1.807) is 0 Å². The number of hydrogen-bond donors (Lipinski definition) is 1. The summed E-state index contributed by atoms with van der Waals surface area (Å²) >= 11 is 0. The minimum Gasteiger partial charge on any atom is -0.384 e. The van der Waals surface area contributed by atoms with Crippen molar-refractivity contribution < 1.29 is 5.11 Å². The maximum atomic E-state index is 10.1. The van der Waals surface area contributed by atoms with E-state index in [2.05, 4.69) is 31.7 Å². The highest BCUT2D eigenvalue weighted by molar-refractivity contribution is 6.02. The molecule has 1 heteroatoms. The predicted molar refractivity (Wildman–Crippen MR) is 62.7 cm³/mol. The molecule has 2 aromatic rings. The number of aryl methyl sites for hydroxylation is 1. The number of hydrogen-bond acceptors (Lipinski definition) is 1. The van der Waals surface area contributed by atoms with Gasteiger partial charge in [-0.15, -0.1) is 0 Å². The van der Waals surface area contributed by atoms with Crippen molar-refractivity contribution in [3.63, 3.8) is 0 Å². The van der Waals surface area contributed by atoms with E-state index in [1.807, 2.05) is 12.1 Å². The third kappa shape index (κ3) is 1.01. The van der Waals surface area contributed by atoms with E-state index in [9.17, 15) is 5.11 Å². The molecule has 1 aliphatic rings. The third-order valence-corrected chi connectivity index (χ3v) is 3.12. The van der Waals surface area contributed by atoms with Crippen LogP contribution in [-0.2, 0) is 0 Å². The van der Waals surface area contributed by atoms with Crippen molar-refractivity contribution in [2.75, 3.05) is 0 Å². The molecule has 0 saturated heterocycles. The zero-order chi connectivity index (χ0) is 10.6. The second kappa shape index (κ2) is 2.71. The molecular formula is C14H12O. The van der Waals surface area contributed by atoms with E-state index >= 15 is 0 Å². The Hall–Kier alpha value is -1.60. The van der Waals surface area contributed by atoms with Crippen LogP contribution in [0.15, 0.2) is 36.9 Å². The molecule has 0 spiro atoms. The first-order chi connectivity index (χ1) is 7.18. The van der Waals surface area contributed by atoms with Gasteiger partial charge in [-0.25, -0.2) is 0 Å². The molecule has 1 nitrogen and oxygen atoms in total. The summed E-state index contributed by atoms with van der Waals surface area (Å²) in [5.41, 5.74) is 4.10. The van der Waals surface area contributed by atoms with E-state index in [-0.39, 0.29) is 0 Å². The van der Waals surface area contributed by atoms with Gasteiger partial charge in [-0.05, 0) is 34.4 Å². The van der Waals surface area contributed by atoms with Gasteiger partial charge in [0.2, 0.25) is 0 Å². The van der Waals surface area contributed by atoms with E-state index in [4.69, 9.17) is 0 Å². The number of aliphatic hydroxyl groups is 1. The Kier molecular flexibility index (Phi) is 1.57. The standard InChI is InChI=1S/C14H12O/c1-8-6-10-4-3-5-11-9(2)14(15)12(7-8)13(10)11/h3-7,14-15H,2H2,1H3. The van der Waals surface area contributed by atoms with Crippen LogP contribution < -0.4 is 0 Å². The fourth-order valence-corrected chi connectivity index (χ4v) is 2.44. The van der Waals surface area contributed by atoms with Gasteiger partial charge in [0.25, 0.3) is 0 Å². The monoisotopic (exact) mass is 196 g/mol. The third-order valence-electron chi connectivity index (χ3n) is 3.12. The molecule has 0 radical (unpaired) electrons. The van der Waals surface area contributed by atoms with E-state index in [0.717, 1.165) is 16.7 Å². The van der Waals surface area contributed by atoms with Gasteiger partial charge in [0.15, 0.2) is 0 Å². The summed E-state index contributed by atoms with van der Waals surface area (Å²) in [6, 6.07) is 10.3. The van der Waals surface area contributed by atoms with Crippen LogP contribution in [0.3, 0.4) is 0 Å². The summed E-state index contributed by atoms with van der Waals surface area (Å²) in [6.07, 6.45) is -0.523. The van der Waals surface area contributed by atoms with E-state index < -0.39 is 6.10 Å². The van der Waals surface area contributed by atoms with Crippen molar-refractivity contribution in [1.82, 2.24) is 0 Å². The highest BCUT2D eigenvalue weighted by Crippen LogP contribution is 2.44. The normalized spacial score (nSPS) is 18.8. The molecule has 1 atom stereocenters. The fourth-order valence-electron chi connectivity index (χ4n) is 2.44. The Morgan fingerprint density at radius 1 is 1.27 bits per heavy atom. The number of benzene rings is 2. The van der Waals surface area contributed by atoms with Gasteiger partial charge in [0, 0.05) is 0 Å². The van der Waals surface area contributed by atoms with E-state index in [1.165, 1.54) is 16.3 Å². The Morgan fingerprint density at radius 2 is 2.07 bits per heavy atom. The van der Waals surface area contributed by atoms with Gasteiger partial charge in [-0.3, -0.25) is 0 Å². The highest BCUT2D eigenvalue weighted by Gasteiger charge is 2.25. The topological polar surface area (TPSA) is 20.2 Å². The minimum atomic E-state index is -0.523. The summed E-state index contributed by atoms with van der Waals surface area (Å²) in [6.45, 7) is 6.01. The quantitative estimate of drug-likeness (QED) is 0.686. The molecule has 74 valence electrons. The molecule has 3 rings (SSSR count). The van der Waals surface area contributed by atoms with Crippen LogP contribution in [0, 0.1) is 6.92 Å². The van der Waals surface area contributed by atoms with Gasteiger partial charge in [-0.2, -0.15) is 0 Å². The molecule has 0 aromatic heterocycles. The second-order valence-corrected chi connectivity index (χ2v) is 4.19. The molecule has 0 fully saturated rings. The molecule has 0 aliphatic heterocycles. The first-order valence-electron chi connectivity index (χ1n) is 5.09. The van der Waals surface area contributed by atoms with Crippen molar-refractivity contribution in [2.24, 2.45) is 0 Å². The molecule has 0 amide bonds. The van der Waals surface area contributed by atoms with Gasteiger partial charge in [0.1, 0.15) is 6.10 Å². The molecule has 0 saturated carbocycles. The molecule has 0 heterocycles. The average molecular weight is 196 g/mol. The van der Waals surface area contributed by atoms with Crippen LogP contribution in [0.4, 0.5) is 0 Å². The lowest BCUT2D eigenvalue weighted by Crippen LogP contribution is -1.91. The molecule has 2 aromatic carbocycles. The highest BCUT2D eigenvalue weighted by atomic mass is 16.3.